The highest BCUT2D eigenvalue weighted by atomic mass is 19.1. The zero-order valence-electron chi connectivity index (χ0n) is 10.8. The topological polar surface area (TPSA) is 50.9 Å². The number of hydrogen-bond donors (Lipinski definition) is 2. The molecule has 0 saturated heterocycles. The number of benzene rings is 1. The maximum absolute atomic E-state index is 14.1. The molecule has 19 heavy (non-hydrogen) atoms. The minimum absolute atomic E-state index is 0.318. The Morgan fingerprint density at radius 1 is 1.37 bits per heavy atom. The molecule has 0 radical (unpaired) electrons. The summed E-state index contributed by atoms with van der Waals surface area (Å²) in [6.07, 6.45) is 6.71. The zero-order valence-corrected chi connectivity index (χ0v) is 10.8. The molecule has 1 aromatic carbocycles. The second-order valence-corrected chi connectivity index (χ2v) is 5.25. The summed E-state index contributed by atoms with van der Waals surface area (Å²) in [5.74, 6) is 0.331. The number of halogens is 1. The molecule has 3 rings (SSSR count). The number of rotatable bonds is 3. The number of nitrogens with one attached hydrogen (secondary N) is 1. The smallest absolute Gasteiger partial charge is 0.150 e. The molecule has 0 amide bonds. The molecule has 0 bridgehead atoms. The molecule has 1 saturated carbocycles. The lowest BCUT2D eigenvalue weighted by Gasteiger charge is -2.15. The monoisotopic (exact) mass is 259 g/mol. The van der Waals surface area contributed by atoms with Crippen LogP contribution >= 0.6 is 0 Å². The van der Waals surface area contributed by atoms with Gasteiger partial charge in [-0.25, -0.2) is 4.39 Å². The van der Waals surface area contributed by atoms with Crippen LogP contribution in [0.3, 0.4) is 0 Å². The van der Waals surface area contributed by atoms with Crippen LogP contribution in [-0.4, -0.2) is 11.5 Å². The van der Waals surface area contributed by atoms with E-state index < -0.39 is 0 Å². The van der Waals surface area contributed by atoms with Crippen LogP contribution in [0.4, 0.5) is 15.8 Å². The third kappa shape index (κ3) is 2.35. The van der Waals surface area contributed by atoms with E-state index >= 15 is 0 Å². The van der Waals surface area contributed by atoms with Crippen LogP contribution in [0, 0.1) is 11.7 Å². The van der Waals surface area contributed by atoms with Crippen LogP contribution < -0.4 is 11.1 Å². The van der Waals surface area contributed by atoms with Crippen molar-refractivity contribution in [1.82, 2.24) is 4.98 Å². The predicted octanol–water partition coefficient (Wildman–Crippen LogP) is 3.56. The standard InChI is InChI=1S/C15H18FN3/c16-12-8-13(17)11-6-3-7-18-14(11)15(12)19-9-10-4-1-2-5-10/h3,6-8,10,19H,1-2,4-5,9,17H2. The Bertz CT molecular complexity index is 591. The summed E-state index contributed by atoms with van der Waals surface area (Å²) in [5, 5.41) is 4.04. The third-order valence-electron chi connectivity index (χ3n) is 3.92. The van der Waals surface area contributed by atoms with E-state index in [1.807, 2.05) is 12.1 Å². The van der Waals surface area contributed by atoms with Crippen molar-refractivity contribution in [3.05, 3.63) is 30.2 Å². The quantitative estimate of drug-likeness (QED) is 0.829. The summed E-state index contributed by atoms with van der Waals surface area (Å²) in [6.45, 7) is 0.812. The fourth-order valence-corrected chi connectivity index (χ4v) is 2.87. The Balaban J connectivity index is 1.93. The van der Waals surface area contributed by atoms with Gasteiger partial charge in [-0.1, -0.05) is 12.8 Å². The summed E-state index contributed by atoms with van der Waals surface area (Å²) < 4.78 is 14.1. The molecule has 3 nitrogen and oxygen atoms in total. The lowest BCUT2D eigenvalue weighted by molar-refractivity contribution is 0.574. The van der Waals surface area contributed by atoms with Gasteiger partial charge < -0.3 is 11.1 Å². The molecule has 0 atom stereocenters. The predicted molar refractivity (Wildman–Crippen MR) is 76.6 cm³/mol. The van der Waals surface area contributed by atoms with Crippen LogP contribution in [0.15, 0.2) is 24.4 Å². The number of nitrogens with two attached hydrogens (primary N) is 1. The van der Waals surface area contributed by atoms with Gasteiger partial charge in [-0.05, 0) is 37.0 Å². The fraction of sp³-hybridized carbons (Fsp3) is 0.400. The fourth-order valence-electron chi connectivity index (χ4n) is 2.87. The first-order valence-electron chi connectivity index (χ1n) is 6.82. The van der Waals surface area contributed by atoms with Crippen molar-refractivity contribution in [1.29, 1.82) is 0 Å². The molecule has 1 aromatic heterocycles. The van der Waals surface area contributed by atoms with Gasteiger partial charge in [-0.3, -0.25) is 4.98 Å². The molecule has 1 fully saturated rings. The average molecular weight is 259 g/mol. The van der Waals surface area contributed by atoms with Crippen molar-refractivity contribution in [2.24, 2.45) is 5.92 Å². The Morgan fingerprint density at radius 2 is 2.16 bits per heavy atom. The number of nitrogen functional groups attached to an aromatic ring is 1. The number of anilines is 2. The summed E-state index contributed by atoms with van der Waals surface area (Å²) in [4.78, 5) is 4.27. The Hall–Kier alpha value is -1.84. The molecule has 1 aliphatic carbocycles. The minimum Gasteiger partial charge on any atom is -0.398 e. The lowest BCUT2D eigenvalue weighted by Crippen LogP contribution is -2.12. The van der Waals surface area contributed by atoms with Crippen molar-refractivity contribution in [2.75, 3.05) is 17.6 Å². The first kappa shape index (κ1) is 12.2. The second kappa shape index (κ2) is 5.03. The molecule has 1 heterocycles. The first-order valence-corrected chi connectivity index (χ1v) is 6.82. The number of pyridine rings is 1. The number of aromatic nitrogens is 1. The number of fused-ring (bicyclic) bond motifs is 1. The molecular weight excluding hydrogens is 241 g/mol. The van der Waals surface area contributed by atoms with E-state index in [2.05, 4.69) is 10.3 Å². The van der Waals surface area contributed by atoms with Crippen LogP contribution in [0.5, 0.6) is 0 Å². The van der Waals surface area contributed by atoms with Gasteiger partial charge >= 0.3 is 0 Å². The molecule has 100 valence electrons. The van der Waals surface area contributed by atoms with Gasteiger partial charge in [0.25, 0.3) is 0 Å². The van der Waals surface area contributed by atoms with Crippen molar-refractivity contribution >= 4 is 22.3 Å². The maximum atomic E-state index is 14.1. The van der Waals surface area contributed by atoms with E-state index in [1.54, 1.807) is 6.20 Å². The van der Waals surface area contributed by atoms with Gasteiger partial charge in [-0.2, -0.15) is 0 Å². The van der Waals surface area contributed by atoms with Crippen LogP contribution in [0.1, 0.15) is 25.7 Å². The minimum atomic E-state index is -0.318. The molecule has 0 spiro atoms. The average Bonchev–Trinajstić information content (AvgIpc) is 2.92. The number of nitrogens with zero attached hydrogens (tertiary/aromatic N) is 1. The normalized spacial score (nSPS) is 16.1. The van der Waals surface area contributed by atoms with E-state index in [4.69, 9.17) is 5.73 Å². The van der Waals surface area contributed by atoms with E-state index in [1.165, 1.54) is 31.7 Å². The summed E-state index contributed by atoms with van der Waals surface area (Å²) in [7, 11) is 0. The second-order valence-electron chi connectivity index (χ2n) is 5.25. The summed E-state index contributed by atoms with van der Waals surface area (Å²) >= 11 is 0. The molecular formula is C15H18FN3. The Morgan fingerprint density at radius 3 is 2.95 bits per heavy atom. The van der Waals surface area contributed by atoms with Crippen LogP contribution in [-0.2, 0) is 0 Å². The van der Waals surface area contributed by atoms with E-state index in [9.17, 15) is 4.39 Å². The zero-order chi connectivity index (χ0) is 13.2. The summed E-state index contributed by atoms with van der Waals surface area (Å²) in [6, 6.07) is 5.07. The van der Waals surface area contributed by atoms with Crippen molar-refractivity contribution in [3.8, 4) is 0 Å². The molecule has 0 unspecified atom stereocenters. The molecule has 2 aromatic rings. The SMILES string of the molecule is Nc1cc(F)c(NCC2CCCC2)c2ncccc12. The van der Waals surface area contributed by atoms with Gasteiger partial charge in [0, 0.05) is 23.8 Å². The van der Waals surface area contributed by atoms with E-state index in [0.29, 0.717) is 22.8 Å². The van der Waals surface area contributed by atoms with Gasteiger partial charge in [0.05, 0.1) is 11.2 Å². The van der Waals surface area contributed by atoms with Gasteiger partial charge in [-0.15, -0.1) is 0 Å². The number of hydrogen-bond acceptors (Lipinski definition) is 3. The highest BCUT2D eigenvalue weighted by molar-refractivity contribution is 5.98. The van der Waals surface area contributed by atoms with Crippen molar-refractivity contribution in [3.63, 3.8) is 0 Å². The summed E-state index contributed by atoms with van der Waals surface area (Å²) in [5.41, 5.74) is 7.38. The third-order valence-corrected chi connectivity index (χ3v) is 3.92. The highest BCUT2D eigenvalue weighted by Crippen LogP contribution is 2.31. The van der Waals surface area contributed by atoms with Crippen LogP contribution in [0.25, 0.3) is 10.9 Å². The van der Waals surface area contributed by atoms with E-state index in [0.717, 1.165) is 11.9 Å². The van der Waals surface area contributed by atoms with Gasteiger partial charge in [0.2, 0.25) is 0 Å². The molecule has 1 aliphatic rings. The van der Waals surface area contributed by atoms with Crippen molar-refractivity contribution < 1.29 is 4.39 Å². The van der Waals surface area contributed by atoms with Crippen molar-refractivity contribution in [2.45, 2.75) is 25.7 Å². The Labute approximate surface area is 112 Å². The first-order chi connectivity index (χ1) is 9.25. The molecule has 4 heteroatoms. The largest absolute Gasteiger partial charge is 0.398 e. The van der Waals surface area contributed by atoms with Gasteiger partial charge in [0.15, 0.2) is 5.82 Å². The van der Waals surface area contributed by atoms with Crippen LogP contribution in [0.2, 0.25) is 0 Å². The lowest BCUT2D eigenvalue weighted by atomic mass is 10.1. The maximum Gasteiger partial charge on any atom is 0.150 e. The van der Waals surface area contributed by atoms with E-state index in [-0.39, 0.29) is 5.82 Å². The highest BCUT2D eigenvalue weighted by Gasteiger charge is 2.17. The Kier molecular flexibility index (Phi) is 3.23. The molecule has 3 N–H and O–H groups in total. The molecule has 0 aliphatic heterocycles. The van der Waals surface area contributed by atoms with Gasteiger partial charge in [0.1, 0.15) is 0 Å².